The third-order valence-electron chi connectivity index (χ3n) is 5.42. The van der Waals surface area contributed by atoms with Crippen LogP contribution in [0.25, 0.3) is 0 Å². The number of hydrogen-bond donors (Lipinski definition) is 2. The van der Waals surface area contributed by atoms with Gasteiger partial charge in [0.1, 0.15) is 6.54 Å². The molecule has 0 bridgehead atoms. The molecule has 0 aromatic carbocycles. The summed E-state index contributed by atoms with van der Waals surface area (Å²) in [6.07, 6.45) is 4.47. The maximum Gasteiger partial charge on any atom is 0.243 e. The SMILES string of the molecule is CCN1CCCC1CNC(=NCC(=O)N(C)C)NCCCOCC1CCOC1. The Morgan fingerprint density at radius 1 is 1.32 bits per heavy atom. The third kappa shape index (κ3) is 8.32. The Morgan fingerprint density at radius 2 is 2.18 bits per heavy atom. The maximum atomic E-state index is 11.9. The van der Waals surface area contributed by atoms with Crippen LogP contribution < -0.4 is 10.6 Å². The average molecular weight is 398 g/mol. The van der Waals surface area contributed by atoms with E-state index in [-0.39, 0.29) is 12.5 Å². The van der Waals surface area contributed by atoms with Gasteiger partial charge in [-0.05, 0) is 38.8 Å². The first kappa shape index (κ1) is 22.9. The molecule has 2 N–H and O–H groups in total. The third-order valence-corrected chi connectivity index (χ3v) is 5.42. The molecule has 2 unspecified atom stereocenters. The minimum absolute atomic E-state index is 0.000679. The van der Waals surface area contributed by atoms with Crippen LogP contribution in [-0.2, 0) is 14.3 Å². The van der Waals surface area contributed by atoms with Crippen LogP contribution in [0.4, 0.5) is 0 Å². The minimum Gasteiger partial charge on any atom is -0.381 e. The number of carbonyl (C=O) groups excluding carboxylic acids is 1. The van der Waals surface area contributed by atoms with Crippen molar-refractivity contribution in [1.29, 1.82) is 0 Å². The molecule has 2 heterocycles. The molecule has 0 saturated carbocycles. The highest BCUT2D eigenvalue weighted by Gasteiger charge is 2.22. The second-order valence-electron chi connectivity index (χ2n) is 7.84. The summed E-state index contributed by atoms with van der Waals surface area (Å²) in [5.41, 5.74) is 0. The van der Waals surface area contributed by atoms with Gasteiger partial charge in [-0.1, -0.05) is 6.92 Å². The van der Waals surface area contributed by atoms with E-state index in [4.69, 9.17) is 9.47 Å². The van der Waals surface area contributed by atoms with Crippen molar-refractivity contribution in [3.05, 3.63) is 0 Å². The zero-order chi connectivity index (χ0) is 20.2. The van der Waals surface area contributed by atoms with Crippen molar-refractivity contribution in [3.63, 3.8) is 0 Å². The molecule has 162 valence electrons. The summed E-state index contributed by atoms with van der Waals surface area (Å²) in [5, 5.41) is 6.77. The number of likely N-dealkylation sites (tertiary alicyclic amines) is 1. The van der Waals surface area contributed by atoms with Gasteiger partial charge in [-0.25, -0.2) is 4.99 Å². The lowest BCUT2D eigenvalue weighted by Crippen LogP contribution is -2.45. The molecule has 2 saturated heterocycles. The van der Waals surface area contributed by atoms with Crippen molar-refractivity contribution in [2.75, 3.05) is 73.2 Å². The Labute approximate surface area is 170 Å². The molecular weight excluding hydrogens is 358 g/mol. The highest BCUT2D eigenvalue weighted by molar-refractivity contribution is 5.84. The molecule has 2 rings (SSSR count). The van der Waals surface area contributed by atoms with Gasteiger partial charge in [0.2, 0.25) is 5.91 Å². The van der Waals surface area contributed by atoms with Crippen LogP contribution in [0.1, 0.15) is 32.6 Å². The number of hydrogen-bond acceptors (Lipinski definition) is 5. The summed E-state index contributed by atoms with van der Waals surface area (Å²) in [6, 6.07) is 0.540. The topological polar surface area (TPSA) is 78.4 Å². The molecule has 2 fully saturated rings. The van der Waals surface area contributed by atoms with Gasteiger partial charge in [-0.15, -0.1) is 0 Å². The fraction of sp³-hybridized carbons (Fsp3) is 0.900. The molecule has 0 spiro atoms. The number of amides is 1. The lowest BCUT2D eigenvalue weighted by molar-refractivity contribution is -0.127. The van der Waals surface area contributed by atoms with Gasteiger partial charge in [-0.3, -0.25) is 9.69 Å². The maximum absolute atomic E-state index is 11.9. The summed E-state index contributed by atoms with van der Waals surface area (Å²) in [6.45, 7) is 9.43. The van der Waals surface area contributed by atoms with Crippen molar-refractivity contribution in [1.82, 2.24) is 20.4 Å². The zero-order valence-corrected chi connectivity index (χ0v) is 17.9. The van der Waals surface area contributed by atoms with Crippen LogP contribution >= 0.6 is 0 Å². The first-order chi connectivity index (χ1) is 13.6. The second-order valence-corrected chi connectivity index (χ2v) is 7.84. The standard InChI is InChI=1S/C20H39N5O3/c1-4-25-10-5-7-18(25)13-22-20(23-14-19(26)24(2)3)21-9-6-11-27-15-17-8-12-28-16-17/h17-18H,4-16H2,1-3H3,(H2,21,22,23). The normalized spacial score (nSPS) is 23.2. The Hall–Kier alpha value is -1.38. The molecule has 0 aromatic rings. The lowest BCUT2D eigenvalue weighted by Gasteiger charge is -2.24. The molecule has 28 heavy (non-hydrogen) atoms. The predicted molar refractivity (Wildman–Crippen MR) is 112 cm³/mol. The summed E-state index contributed by atoms with van der Waals surface area (Å²) in [5.74, 6) is 1.26. The molecule has 8 nitrogen and oxygen atoms in total. The largest absolute Gasteiger partial charge is 0.381 e. The number of nitrogens with one attached hydrogen (secondary N) is 2. The van der Waals surface area contributed by atoms with Crippen LogP contribution in [0.2, 0.25) is 0 Å². The number of aliphatic imine (C=N–C) groups is 1. The average Bonchev–Trinajstić information content (AvgIpc) is 3.36. The molecule has 2 atom stereocenters. The fourth-order valence-electron chi connectivity index (χ4n) is 3.57. The number of ether oxygens (including phenoxy) is 2. The van der Waals surface area contributed by atoms with E-state index in [1.54, 1.807) is 19.0 Å². The second kappa shape index (κ2) is 13.0. The van der Waals surface area contributed by atoms with Crippen LogP contribution in [-0.4, -0.2) is 101 Å². The molecule has 8 heteroatoms. The van der Waals surface area contributed by atoms with Gasteiger partial charge in [0.25, 0.3) is 0 Å². The number of guanidine groups is 1. The van der Waals surface area contributed by atoms with E-state index in [1.807, 2.05) is 0 Å². The highest BCUT2D eigenvalue weighted by atomic mass is 16.5. The smallest absolute Gasteiger partial charge is 0.243 e. The first-order valence-electron chi connectivity index (χ1n) is 10.7. The first-order valence-corrected chi connectivity index (χ1v) is 10.7. The van der Waals surface area contributed by atoms with Gasteiger partial charge < -0.3 is 25.0 Å². The fourth-order valence-corrected chi connectivity index (χ4v) is 3.57. The molecule has 0 aliphatic carbocycles. The molecule has 2 aliphatic rings. The van der Waals surface area contributed by atoms with E-state index in [0.29, 0.717) is 17.9 Å². The number of nitrogens with zero attached hydrogens (tertiary/aromatic N) is 3. The molecule has 0 radical (unpaired) electrons. The summed E-state index contributed by atoms with van der Waals surface area (Å²) < 4.78 is 11.1. The van der Waals surface area contributed by atoms with E-state index in [0.717, 1.165) is 58.9 Å². The van der Waals surface area contributed by atoms with E-state index in [2.05, 4.69) is 27.4 Å². The van der Waals surface area contributed by atoms with E-state index < -0.39 is 0 Å². The Bertz CT molecular complexity index is 480. The van der Waals surface area contributed by atoms with Crippen LogP contribution in [0.15, 0.2) is 4.99 Å². The van der Waals surface area contributed by atoms with Crippen molar-refractivity contribution in [2.24, 2.45) is 10.9 Å². The van der Waals surface area contributed by atoms with Gasteiger partial charge in [-0.2, -0.15) is 0 Å². The molecule has 0 aromatic heterocycles. The number of rotatable bonds is 11. The monoisotopic (exact) mass is 397 g/mol. The van der Waals surface area contributed by atoms with E-state index in [9.17, 15) is 4.79 Å². The van der Waals surface area contributed by atoms with E-state index in [1.165, 1.54) is 19.4 Å². The van der Waals surface area contributed by atoms with Gasteiger partial charge in [0, 0.05) is 52.4 Å². The Morgan fingerprint density at radius 3 is 2.89 bits per heavy atom. The summed E-state index contributed by atoms with van der Waals surface area (Å²) >= 11 is 0. The summed E-state index contributed by atoms with van der Waals surface area (Å²) in [4.78, 5) is 20.4. The van der Waals surface area contributed by atoms with Crippen LogP contribution in [0, 0.1) is 5.92 Å². The minimum atomic E-state index is -0.000679. The predicted octanol–water partition coefficient (Wildman–Crippen LogP) is 0.537. The molecular formula is C20H39N5O3. The molecule has 2 aliphatic heterocycles. The van der Waals surface area contributed by atoms with Crippen molar-refractivity contribution < 1.29 is 14.3 Å². The highest BCUT2D eigenvalue weighted by Crippen LogP contribution is 2.15. The van der Waals surface area contributed by atoms with Gasteiger partial charge in [0.05, 0.1) is 13.2 Å². The van der Waals surface area contributed by atoms with Crippen LogP contribution in [0.5, 0.6) is 0 Å². The Balaban J connectivity index is 1.70. The van der Waals surface area contributed by atoms with Crippen molar-refractivity contribution in [3.8, 4) is 0 Å². The van der Waals surface area contributed by atoms with Gasteiger partial charge >= 0.3 is 0 Å². The lowest BCUT2D eigenvalue weighted by atomic mass is 10.1. The quantitative estimate of drug-likeness (QED) is 0.301. The van der Waals surface area contributed by atoms with Crippen molar-refractivity contribution >= 4 is 11.9 Å². The van der Waals surface area contributed by atoms with E-state index >= 15 is 0 Å². The molecule has 1 amide bonds. The van der Waals surface area contributed by atoms with Crippen molar-refractivity contribution in [2.45, 2.75) is 38.6 Å². The van der Waals surface area contributed by atoms with Gasteiger partial charge in [0.15, 0.2) is 5.96 Å². The summed E-state index contributed by atoms with van der Waals surface area (Å²) in [7, 11) is 3.51. The zero-order valence-electron chi connectivity index (χ0n) is 17.9. The number of carbonyl (C=O) groups is 1. The number of likely N-dealkylation sites (N-methyl/N-ethyl adjacent to an activating group) is 2. The Kier molecular flexibility index (Phi) is 10.6. The van der Waals surface area contributed by atoms with Crippen LogP contribution in [0.3, 0.4) is 0 Å².